The molecule has 1 aromatic carbocycles. The van der Waals surface area contributed by atoms with Gasteiger partial charge < -0.3 is 19.5 Å². The molecule has 1 aromatic heterocycles. The molecule has 0 amide bonds. The van der Waals surface area contributed by atoms with E-state index in [4.69, 9.17) is 14.4 Å². The lowest BCUT2D eigenvalue weighted by molar-refractivity contribution is 0.0697. The van der Waals surface area contributed by atoms with E-state index in [-0.39, 0.29) is 22.6 Å². The highest BCUT2D eigenvalue weighted by Crippen LogP contribution is 2.34. The number of phenols is 1. The first-order chi connectivity index (χ1) is 8.13. The van der Waals surface area contributed by atoms with Crippen LogP contribution >= 0.6 is 0 Å². The van der Waals surface area contributed by atoms with Crippen LogP contribution in [-0.2, 0) is 0 Å². The predicted molar refractivity (Wildman–Crippen MR) is 57.1 cm³/mol. The van der Waals surface area contributed by atoms with Gasteiger partial charge in [-0.3, -0.25) is 0 Å². The molecule has 0 radical (unpaired) electrons. The summed E-state index contributed by atoms with van der Waals surface area (Å²) in [6.45, 7) is 0. The van der Waals surface area contributed by atoms with Crippen LogP contribution in [0.2, 0.25) is 0 Å². The van der Waals surface area contributed by atoms with Crippen LogP contribution in [0.15, 0.2) is 28.9 Å². The van der Waals surface area contributed by atoms with Crippen LogP contribution in [0, 0.1) is 0 Å². The van der Waals surface area contributed by atoms with Gasteiger partial charge in [-0.15, -0.1) is 0 Å². The third-order valence-electron chi connectivity index (χ3n) is 2.25. The number of carbonyl (C=O) groups is 1. The fourth-order valence-corrected chi connectivity index (χ4v) is 1.41. The zero-order chi connectivity index (χ0) is 12.4. The molecule has 0 aliphatic rings. The van der Waals surface area contributed by atoms with E-state index < -0.39 is 5.97 Å². The number of aromatic nitrogens is 1. The van der Waals surface area contributed by atoms with Gasteiger partial charge in [-0.2, -0.15) is 0 Å². The molecule has 2 rings (SSSR count). The smallest absolute Gasteiger partial charge is 0.341 e. The number of methoxy groups -OCH3 is 1. The Balaban J connectivity index is 2.59. The second kappa shape index (κ2) is 4.17. The van der Waals surface area contributed by atoms with E-state index in [1.165, 1.54) is 19.2 Å². The number of aromatic carboxylic acids is 1. The Morgan fingerprint density at radius 1 is 1.47 bits per heavy atom. The molecule has 0 saturated heterocycles. The van der Waals surface area contributed by atoms with Crippen molar-refractivity contribution in [1.29, 1.82) is 0 Å². The van der Waals surface area contributed by atoms with E-state index in [0.29, 0.717) is 5.75 Å². The van der Waals surface area contributed by atoms with Crippen molar-refractivity contribution in [2.45, 2.75) is 0 Å². The topological polar surface area (TPSA) is 92.8 Å². The number of aromatic hydroxyl groups is 1. The Morgan fingerprint density at radius 3 is 2.88 bits per heavy atom. The lowest BCUT2D eigenvalue weighted by Crippen LogP contribution is -1.96. The summed E-state index contributed by atoms with van der Waals surface area (Å²) in [6.07, 6.45) is 1.08. The van der Waals surface area contributed by atoms with Crippen molar-refractivity contribution >= 4 is 5.97 Å². The average Bonchev–Trinajstić information content (AvgIpc) is 2.78. The molecule has 0 atom stereocenters. The Bertz CT molecular complexity index is 561. The lowest BCUT2D eigenvalue weighted by atomic mass is 10.1. The lowest BCUT2D eigenvalue weighted by Gasteiger charge is -2.04. The number of phenolic OH excluding ortho intramolecular Hbond substituents is 1. The van der Waals surface area contributed by atoms with Gasteiger partial charge in [-0.1, -0.05) is 5.16 Å². The maximum Gasteiger partial charge on any atom is 0.341 e. The van der Waals surface area contributed by atoms with E-state index in [0.717, 1.165) is 6.20 Å². The summed E-state index contributed by atoms with van der Waals surface area (Å²) in [5, 5.41) is 22.0. The molecule has 0 unspecified atom stereocenters. The molecular weight excluding hydrogens is 226 g/mol. The third-order valence-corrected chi connectivity index (χ3v) is 2.25. The van der Waals surface area contributed by atoms with Crippen LogP contribution in [0.1, 0.15) is 10.4 Å². The van der Waals surface area contributed by atoms with Crippen LogP contribution in [-0.4, -0.2) is 28.4 Å². The summed E-state index contributed by atoms with van der Waals surface area (Å²) in [6, 6.07) is 4.42. The van der Waals surface area contributed by atoms with Gasteiger partial charge in [0.2, 0.25) is 0 Å². The third kappa shape index (κ3) is 1.92. The van der Waals surface area contributed by atoms with Crippen molar-refractivity contribution in [1.82, 2.24) is 5.16 Å². The Hall–Kier alpha value is -2.50. The van der Waals surface area contributed by atoms with Gasteiger partial charge >= 0.3 is 5.97 Å². The molecule has 2 N–H and O–H groups in total. The average molecular weight is 235 g/mol. The second-order valence-corrected chi connectivity index (χ2v) is 3.26. The van der Waals surface area contributed by atoms with Crippen LogP contribution in [0.4, 0.5) is 0 Å². The van der Waals surface area contributed by atoms with Crippen LogP contribution in [0.5, 0.6) is 11.5 Å². The van der Waals surface area contributed by atoms with E-state index >= 15 is 0 Å². The predicted octanol–water partition coefficient (Wildman–Crippen LogP) is 1.75. The van der Waals surface area contributed by atoms with Gasteiger partial charge in [0, 0.05) is 0 Å². The number of carboxylic acid groups (broad SMARTS) is 1. The maximum atomic E-state index is 10.9. The van der Waals surface area contributed by atoms with E-state index in [1.807, 2.05) is 0 Å². The normalized spacial score (nSPS) is 10.2. The number of rotatable bonds is 3. The highest BCUT2D eigenvalue weighted by Gasteiger charge is 2.20. The first-order valence-corrected chi connectivity index (χ1v) is 4.69. The number of ether oxygens (including phenoxy) is 1. The quantitative estimate of drug-likeness (QED) is 0.841. The highest BCUT2D eigenvalue weighted by molar-refractivity contribution is 5.94. The minimum Gasteiger partial charge on any atom is -0.507 e. The van der Waals surface area contributed by atoms with E-state index in [1.54, 1.807) is 6.07 Å². The van der Waals surface area contributed by atoms with E-state index in [2.05, 4.69) is 5.16 Å². The zero-order valence-electron chi connectivity index (χ0n) is 8.88. The van der Waals surface area contributed by atoms with Crippen molar-refractivity contribution in [3.05, 3.63) is 30.0 Å². The fourth-order valence-electron chi connectivity index (χ4n) is 1.41. The number of nitrogens with zero attached hydrogens (tertiary/aromatic N) is 1. The largest absolute Gasteiger partial charge is 0.507 e. The molecule has 6 heteroatoms. The van der Waals surface area contributed by atoms with Crippen LogP contribution in [0.25, 0.3) is 11.3 Å². The number of hydrogen-bond donors (Lipinski definition) is 2. The summed E-state index contributed by atoms with van der Waals surface area (Å²) in [4.78, 5) is 10.9. The first kappa shape index (κ1) is 11.0. The summed E-state index contributed by atoms with van der Waals surface area (Å²) in [5.74, 6) is -0.812. The SMILES string of the molecule is COc1ccc(O)c(-c2oncc2C(=O)O)c1. The summed E-state index contributed by atoms with van der Waals surface area (Å²) < 4.78 is 9.83. The standard InChI is InChI=1S/C11H9NO5/c1-16-6-2-3-9(13)7(4-6)10-8(11(14)15)5-12-17-10/h2-5,13H,1H3,(H,14,15). The van der Waals surface area contributed by atoms with Gasteiger partial charge in [0.25, 0.3) is 0 Å². The number of hydrogen-bond acceptors (Lipinski definition) is 5. The summed E-state index contributed by atoms with van der Waals surface area (Å²) >= 11 is 0. The van der Waals surface area contributed by atoms with Crippen molar-refractivity contribution in [2.24, 2.45) is 0 Å². The number of carboxylic acids is 1. The first-order valence-electron chi connectivity index (χ1n) is 4.69. The fraction of sp³-hybridized carbons (Fsp3) is 0.0909. The molecule has 0 aliphatic carbocycles. The highest BCUT2D eigenvalue weighted by atomic mass is 16.5. The molecule has 0 spiro atoms. The van der Waals surface area contributed by atoms with Crippen molar-refractivity contribution in [2.75, 3.05) is 7.11 Å². The molecule has 1 heterocycles. The van der Waals surface area contributed by atoms with Gasteiger partial charge in [0.15, 0.2) is 5.76 Å². The zero-order valence-corrected chi connectivity index (χ0v) is 8.88. The van der Waals surface area contributed by atoms with Gasteiger partial charge in [0.05, 0.1) is 18.9 Å². The molecule has 0 aliphatic heterocycles. The van der Waals surface area contributed by atoms with Crippen molar-refractivity contribution in [3.8, 4) is 22.8 Å². The summed E-state index contributed by atoms with van der Waals surface area (Å²) in [5.41, 5.74) is 0.104. The Morgan fingerprint density at radius 2 is 2.24 bits per heavy atom. The van der Waals surface area contributed by atoms with Gasteiger partial charge in [-0.05, 0) is 18.2 Å². The van der Waals surface area contributed by atoms with Crippen molar-refractivity contribution in [3.63, 3.8) is 0 Å². The molecule has 0 saturated carbocycles. The second-order valence-electron chi connectivity index (χ2n) is 3.26. The Kier molecular flexibility index (Phi) is 2.70. The van der Waals surface area contributed by atoms with Crippen molar-refractivity contribution < 1.29 is 24.3 Å². The minimum atomic E-state index is -1.18. The molecule has 0 fully saturated rings. The molecular formula is C11H9NO5. The molecule has 2 aromatic rings. The van der Waals surface area contributed by atoms with Crippen LogP contribution < -0.4 is 4.74 Å². The minimum absolute atomic E-state index is 0.00565. The Labute approximate surface area is 96.0 Å². The number of benzene rings is 1. The van der Waals surface area contributed by atoms with Crippen LogP contribution in [0.3, 0.4) is 0 Å². The molecule has 0 bridgehead atoms. The molecule has 88 valence electrons. The monoisotopic (exact) mass is 235 g/mol. The van der Waals surface area contributed by atoms with E-state index in [9.17, 15) is 9.90 Å². The maximum absolute atomic E-state index is 10.9. The molecule has 6 nitrogen and oxygen atoms in total. The molecule has 17 heavy (non-hydrogen) atoms. The van der Waals surface area contributed by atoms with Gasteiger partial charge in [0.1, 0.15) is 17.1 Å². The van der Waals surface area contributed by atoms with Gasteiger partial charge in [-0.25, -0.2) is 4.79 Å². The summed E-state index contributed by atoms with van der Waals surface area (Å²) in [7, 11) is 1.47.